The number of benzene rings is 1. The Hall–Kier alpha value is -1.66. The Morgan fingerprint density at radius 2 is 2.00 bits per heavy atom. The standard InChI is InChI=1S/C13H16N4OS/c1-16-6-8-17(9-7-16)13(18)15-12-14-10-4-2-3-5-11(10)19-12/h2-5H,6-9H2,1H3,(H,14,15,18). The Morgan fingerprint density at radius 3 is 2.74 bits per heavy atom. The molecule has 1 aliphatic rings. The summed E-state index contributed by atoms with van der Waals surface area (Å²) >= 11 is 1.51. The van der Waals surface area contributed by atoms with Crippen LogP contribution in [0.4, 0.5) is 9.93 Å². The summed E-state index contributed by atoms with van der Waals surface area (Å²) in [4.78, 5) is 20.6. The van der Waals surface area contributed by atoms with Gasteiger partial charge < -0.3 is 9.80 Å². The van der Waals surface area contributed by atoms with Crippen LogP contribution >= 0.6 is 11.3 Å². The number of hydrogen-bond acceptors (Lipinski definition) is 4. The van der Waals surface area contributed by atoms with E-state index in [1.165, 1.54) is 11.3 Å². The van der Waals surface area contributed by atoms with Gasteiger partial charge in [-0.05, 0) is 19.2 Å². The fraction of sp³-hybridized carbons (Fsp3) is 0.385. The molecule has 19 heavy (non-hydrogen) atoms. The molecule has 3 rings (SSSR count). The van der Waals surface area contributed by atoms with E-state index in [9.17, 15) is 4.79 Å². The number of thiazole rings is 1. The number of urea groups is 1. The maximum atomic E-state index is 12.1. The quantitative estimate of drug-likeness (QED) is 0.867. The number of nitrogens with one attached hydrogen (secondary N) is 1. The Morgan fingerprint density at radius 1 is 1.26 bits per heavy atom. The maximum Gasteiger partial charge on any atom is 0.323 e. The van der Waals surface area contributed by atoms with Gasteiger partial charge in [-0.3, -0.25) is 5.32 Å². The topological polar surface area (TPSA) is 48.5 Å². The predicted octanol–water partition coefficient (Wildman–Crippen LogP) is 2.08. The van der Waals surface area contributed by atoms with E-state index in [4.69, 9.17) is 0 Å². The molecular weight excluding hydrogens is 260 g/mol. The van der Waals surface area contributed by atoms with Crippen molar-refractivity contribution in [3.05, 3.63) is 24.3 Å². The number of piperazine rings is 1. The number of hydrogen-bond donors (Lipinski definition) is 1. The molecule has 1 aromatic heterocycles. The summed E-state index contributed by atoms with van der Waals surface area (Å²) in [7, 11) is 2.07. The molecule has 1 fully saturated rings. The van der Waals surface area contributed by atoms with Crippen LogP contribution in [0.5, 0.6) is 0 Å². The highest BCUT2D eigenvalue weighted by molar-refractivity contribution is 7.22. The zero-order valence-corrected chi connectivity index (χ0v) is 11.6. The number of rotatable bonds is 1. The average molecular weight is 276 g/mol. The number of para-hydroxylation sites is 1. The van der Waals surface area contributed by atoms with Crippen molar-refractivity contribution in [1.29, 1.82) is 0 Å². The molecule has 2 heterocycles. The zero-order valence-electron chi connectivity index (χ0n) is 10.8. The van der Waals surface area contributed by atoms with Crippen molar-refractivity contribution in [2.45, 2.75) is 0 Å². The van der Waals surface area contributed by atoms with E-state index >= 15 is 0 Å². The van der Waals surface area contributed by atoms with Crippen LogP contribution in [0.25, 0.3) is 10.2 Å². The Kier molecular flexibility index (Phi) is 3.35. The summed E-state index contributed by atoms with van der Waals surface area (Å²) in [5.41, 5.74) is 0.932. The monoisotopic (exact) mass is 276 g/mol. The number of anilines is 1. The van der Waals surface area contributed by atoms with Crippen LogP contribution in [-0.4, -0.2) is 54.0 Å². The fourth-order valence-corrected chi connectivity index (χ4v) is 2.96. The van der Waals surface area contributed by atoms with Crippen LogP contribution in [-0.2, 0) is 0 Å². The summed E-state index contributed by atoms with van der Waals surface area (Å²) in [5, 5.41) is 3.56. The molecule has 6 heteroatoms. The van der Waals surface area contributed by atoms with Gasteiger partial charge in [0.2, 0.25) is 0 Å². The van der Waals surface area contributed by atoms with Crippen molar-refractivity contribution in [2.75, 3.05) is 38.5 Å². The summed E-state index contributed by atoms with van der Waals surface area (Å²) in [6.45, 7) is 3.39. The van der Waals surface area contributed by atoms with Gasteiger partial charge in [0.1, 0.15) is 0 Å². The van der Waals surface area contributed by atoms with Crippen molar-refractivity contribution in [1.82, 2.24) is 14.8 Å². The summed E-state index contributed by atoms with van der Waals surface area (Å²) < 4.78 is 1.09. The number of aromatic nitrogens is 1. The van der Waals surface area contributed by atoms with E-state index in [1.54, 1.807) is 0 Å². The second-order valence-electron chi connectivity index (χ2n) is 4.71. The van der Waals surface area contributed by atoms with Gasteiger partial charge >= 0.3 is 6.03 Å². The van der Waals surface area contributed by atoms with E-state index in [0.29, 0.717) is 5.13 Å². The first-order chi connectivity index (χ1) is 9.22. The summed E-state index contributed by atoms with van der Waals surface area (Å²) in [5.74, 6) is 0. The second-order valence-corrected chi connectivity index (χ2v) is 5.74. The lowest BCUT2D eigenvalue weighted by atomic mass is 10.3. The van der Waals surface area contributed by atoms with Gasteiger partial charge in [0.15, 0.2) is 5.13 Å². The molecule has 1 N–H and O–H groups in total. The molecule has 2 amide bonds. The van der Waals surface area contributed by atoms with Crippen molar-refractivity contribution in [3.8, 4) is 0 Å². The lowest BCUT2D eigenvalue weighted by molar-refractivity contribution is 0.164. The van der Waals surface area contributed by atoms with Crippen LogP contribution in [0, 0.1) is 0 Å². The van der Waals surface area contributed by atoms with Crippen LogP contribution in [0.2, 0.25) is 0 Å². The number of amides is 2. The third kappa shape index (κ3) is 2.69. The van der Waals surface area contributed by atoms with E-state index in [2.05, 4.69) is 22.2 Å². The number of fused-ring (bicyclic) bond motifs is 1. The van der Waals surface area contributed by atoms with Gasteiger partial charge in [-0.15, -0.1) is 0 Å². The summed E-state index contributed by atoms with van der Waals surface area (Å²) in [6, 6.07) is 7.85. The van der Waals surface area contributed by atoms with Gasteiger partial charge in [-0.25, -0.2) is 9.78 Å². The zero-order chi connectivity index (χ0) is 13.2. The lowest BCUT2D eigenvalue weighted by Gasteiger charge is -2.32. The Balaban J connectivity index is 1.68. The Bertz CT molecular complexity index is 556. The molecule has 0 aliphatic carbocycles. The largest absolute Gasteiger partial charge is 0.323 e. The number of carbonyl (C=O) groups excluding carboxylic acids is 1. The average Bonchev–Trinajstić information content (AvgIpc) is 2.81. The van der Waals surface area contributed by atoms with Crippen molar-refractivity contribution >= 4 is 32.7 Å². The van der Waals surface area contributed by atoms with E-state index in [1.807, 2.05) is 29.2 Å². The molecular formula is C13H16N4OS. The molecule has 0 bridgehead atoms. The number of nitrogens with zero attached hydrogens (tertiary/aromatic N) is 3. The fourth-order valence-electron chi connectivity index (χ4n) is 2.11. The maximum absolute atomic E-state index is 12.1. The molecule has 0 radical (unpaired) electrons. The SMILES string of the molecule is CN1CCN(C(=O)Nc2nc3ccccc3s2)CC1. The molecule has 2 aromatic rings. The molecule has 0 atom stereocenters. The predicted molar refractivity (Wildman–Crippen MR) is 77.7 cm³/mol. The first-order valence-corrected chi connectivity index (χ1v) is 7.14. The lowest BCUT2D eigenvalue weighted by Crippen LogP contribution is -2.48. The first kappa shape index (κ1) is 12.4. The molecule has 0 spiro atoms. The molecule has 1 aromatic carbocycles. The Labute approximate surface area is 115 Å². The third-order valence-electron chi connectivity index (χ3n) is 3.30. The number of carbonyl (C=O) groups is 1. The van der Waals surface area contributed by atoms with Crippen LogP contribution in [0.3, 0.4) is 0 Å². The first-order valence-electron chi connectivity index (χ1n) is 6.32. The third-order valence-corrected chi connectivity index (χ3v) is 4.25. The minimum Gasteiger partial charge on any atom is -0.322 e. The highest BCUT2D eigenvalue weighted by atomic mass is 32.1. The smallest absolute Gasteiger partial charge is 0.322 e. The van der Waals surface area contributed by atoms with Gasteiger partial charge in [0.05, 0.1) is 10.2 Å². The van der Waals surface area contributed by atoms with E-state index in [-0.39, 0.29) is 6.03 Å². The van der Waals surface area contributed by atoms with Crippen LogP contribution < -0.4 is 5.32 Å². The second kappa shape index (κ2) is 5.14. The van der Waals surface area contributed by atoms with Gasteiger partial charge in [-0.1, -0.05) is 23.5 Å². The molecule has 100 valence electrons. The highest BCUT2D eigenvalue weighted by Crippen LogP contribution is 2.25. The minimum absolute atomic E-state index is 0.0489. The van der Waals surface area contributed by atoms with Gasteiger partial charge in [0, 0.05) is 26.2 Å². The minimum atomic E-state index is -0.0489. The van der Waals surface area contributed by atoms with Crippen LogP contribution in [0.1, 0.15) is 0 Å². The molecule has 1 aliphatic heterocycles. The van der Waals surface area contributed by atoms with E-state index in [0.717, 1.165) is 36.4 Å². The molecule has 5 nitrogen and oxygen atoms in total. The highest BCUT2D eigenvalue weighted by Gasteiger charge is 2.19. The van der Waals surface area contributed by atoms with E-state index < -0.39 is 0 Å². The van der Waals surface area contributed by atoms with Crippen LogP contribution in [0.15, 0.2) is 24.3 Å². The molecule has 0 unspecified atom stereocenters. The molecule has 1 saturated heterocycles. The van der Waals surface area contributed by atoms with Gasteiger partial charge in [-0.2, -0.15) is 0 Å². The normalized spacial score (nSPS) is 16.8. The van der Waals surface area contributed by atoms with Gasteiger partial charge in [0.25, 0.3) is 0 Å². The number of likely N-dealkylation sites (N-methyl/N-ethyl adjacent to an activating group) is 1. The van der Waals surface area contributed by atoms with Crippen molar-refractivity contribution in [3.63, 3.8) is 0 Å². The summed E-state index contributed by atoms with van der Waals surface area (Å²) in [6.07, 6.45) is 0. The molecule has 0 saturated carbocycles. The van der Waals surface area contributed by atoms with Crippen molar-refractivity contribution < 1.29 is 4.79 Å². The van der Waals surface area contributed by atoms with Crippen molar-refractivity contribution in [2.24, 2.45) is 0 Å².